The Bertz CT molecular complexity index is 581. The lowest BCUT2D eigenvalue weighted by molar-refractivity contribution is -0.120. The normalized spacial score (nSPS) is 11.1. The van der Waals surface area contributed by atoms with E-state index < -0.39 is 9.84 Å². The number of hydrogen-bond donors (Lipinski definition) is 1. The van der Waals surface area contributed by atoms with Crippen LogP contribution in [0.3, 0.4) is 0 Å². The lowest BCUT2D eigenvalue weighted by Gasteiger charge is -2.06. The number of nitrogens with one attached hydrogen (secondary N) is 1. The molecular formula is C13H16BrNO3S. The predicted molar refractivity (Wildman–Crippen MR) is 78.9 cm³/mol. The zero-order chi connectivity index (χ0) is 14.5. The second-order valence-corrected chi connectivity index (χ2v) is 7.42. The summed E-state index contributed by atoms with van der Waals surface area (Å²) in [6, 6.07) is 6.47. The van der Waals surface area contributed by atoms with Gasteiger partial charge in [0.1, 0.15) is 0 Å². The molecule has 0 aliphatic heterocycles. The highest BCUT2D eigenvalue weighted by Crippen LogP contribution is 2.13. The molecule has 6 heteroatoms. The van der Waals surface area contributed by atoms with Gasteiger partial charge < -0.3 is 5.32 Å². The highest BCUT2D eigenvalue weighted by Gasteiger charge is 2.12. The molecule has 0 spiro atoms. The third-order valence-electron chi connectivity index (χ3n) is 2.48. The summed E-state index contributed by atoms with van der Waals surface area (Å²) in [4.78, 5) is 11.9. The smallest absolute Gasteiger partial charge is 0.224 e. The summed E-state index contributed by atoms with van der Waals surface area (Å²) in [5, 5.41) is 2.67. The van der Waals surface area contributed by atoms with Crippen LogP contribution in [-0.4, -0.2) is 26.6 Å². The van der Waals surface area contributed by atoms with Gasteiger partial charge in [0.25, 0.3) is 0 Å². The molecule has 0 unspecified atom stereocenters. The molecule has 0 atom stereocenters. The van der Waals surface area contributed by atoms with Crippen LogP contribution in [-0.2, 0) is 21.1 Å². The van der Waals surface area contributed by atoms with Gasteiger partial charge in [-0.25, -0.2) is 8.42 Å². The van der Waals surface area contributed by atoms with E-state index in [4.69, 9.17) is 0 Å². The summed E-state index contributed by atoms with van der Waals surface area (Å²) < 4.78 is 24.2. The van der Waals surface area contributed by atoms with E-state index in [9.17, 15) is 13.2 Å². The summed E-state index contributed by atoms with van der Waals surface area (Å²) in [7, 11) is -3.24. The van der Waals surface area contributed by atoms with Crippen molar-refractivity contribution in [1.29, 1.82) is 0 Å². The quantitative estimate of drug-likeness (QED) is 0.858. The van der Waals surface area contributed by atoms with Crippen LogP contribution < -0.4 is 5.32 Å². The Morgan fingerprint density at radius 3 is 2.68 bits per heavy atom. The van der Waals surface area contributed by atoms with Crippen molar-refractivity contribution < 1.29 is 13.2 Å². The number of carbonyl (C=O) groups excluding carboxylic acids is 1. The first-order valence-electron chi connectivity index (χ1n) is 5.77. The average Bonchev–Trinajstić information content (AvgIpc) is 2.36. The maximum atomic E-state index is 11.7. The second-order valence-electron chi connectivity index (χ2n) is 4.02. The van der Waals surface area contributed by atoms with E-state index in [2.05, 4.69) is 27.8 Å². The van der Waals surface area contributed by atoms with Gasteiger partial charge in [0.05, 0.1) is 17.1 Å². The van der Waals surface area contributed by atoms with E-state index in [0.29, 0.717) is 16.6 Å². The largest absolute Gasteiger partial charge is 0.351 e. The Morgan fingerprint density at radius 1 is 1.42 bits per heavy atom. The zero-order valence-corrected chi connectivity index (χ0v) is 13.1. The molecule has 4 nitrogen and oxygen atoms in total. The van der Waals surface area contributed by atoms with Crippen molar-refractivity contribution in [3.8, 4) is 0 Å². The minimum atomic E-state index is -3.24. The Morgan fingerprint density at radius 2 is 2.11 bits per heavy atom. The molecule has 1 aromatic rings. The van der Waals surface area contributed by atoms with E-state index in [1.165, 1.54) is 0 Å². The fourth-order valence-corrected chi connectivity index (χ4v) is 2.55. The van der Waals surface area contributed by atoms with Crippen molar-refractivity contribution in [2.45, 2.75) is 18.2 Å². The predicted octanol–water partition coefficient (Wildman–Crippen LogP) is 2.05. The molecular weight excluding hydrogens is 330 g/mol. The van der Waals surface area contributed by atoms with Crippen molar-refractivity contribution in [3.05, 3.63) is 40.9 Å². The van der Waals surface area contributed by atoms with E-state index >= 15 is 0 Å². The summed E-state index contributed by atoms with van der Waals surface area (Å²) in [5.41, 5.74) is 0.673. The van der Waals surface area contributed by atoms with Gasteiger partial charge in [0.15, 0.2) is 9.84 Å². The van der Waals surface area contributed by atoms with Gasteiger partial charge in [-0.3, -0.25) is 4.79 Å². The molecule has 1 N–H and O–H groups in total. The fraction of sp³-hybridized carbons (Fsp3) is 0.308. The number of amides is 1. The molecule has 0 saturated heterocycles. The van der Waals surface area contributed by atoms with Gasteiger partial charge in [0, 0.05) is 11.0 Å². The molecule has 19 heavy (non-hydrogen) atoms. The molecule has 0 saturated carbocycles. The van der Waals surface area contributed by atoms with Crippen LogP contribution in [0.2, 0.25) is 0 Å². The Kier molecular flexibility index (Phi) is 5.75. The Labute approximate surface area is 122 Å². The lowest BCUT2D eigenvalue weighted by atomic mass is 10.1. The van der Waals surface area contributed by atoms with Gasteiger partial charge in [-0.15, -0.1) is 0 Å². The molecule has 0 fully saturated rings. The van der Waals surface area contributed by atoms with E-state index in [1.807, 2.05) is 0 Å². The number of benzene rings is 1. The molecule has 1 amide bonds. The van der Waals surface area contributed by atoms with Crippen LogP contribution in [0, 0.1) is 0 Å². The highest BCUT2D eigenvalue weighted by atomic mass is 79.9. The van der Waals surface area contributed by atoms with Gasteiger partial charge >= 0.3 is 0 Å². The fourth-order valence-electron chi connectivity index (χ4n) is 1.46. The molecule has 1 aromatic carbocycles. The third kappa shape index (κ3) is 5.16. The van der Waals surface area contributed by atoms with Crippen LogP contribution in [0.5, 0.6) is 0 Å². The Hall–Kier alpha value is -1.14. The first-order valence-corrected chi connectivity index (χ1v) is 8.21. The number of sulfone groups is 1. The number of hydrogen-bond acceptors (Lipinski definition) is 3. The maximum Gasteiger partial charge on any atom is 0.224 e. The summed E-state index contributed by atoms with van der Waals surface area (Å²) >= 11 is 3.15. The SMILES string of the molecule is C=C(Br)CNC(=O)Cc1cccc(S(=O)(=O)CC)c1. The standard InChI is InChI=1S/C13H16BrNO3S/c1-3-19(17,18)12-6-4-5-11(7-12)8-13(16)15-9-10(2)14/h4-7H,2-3,8-9H2,1H3,(H,15,16). The average molecular weight is 346 g/mol. The molecule has 0 aromatic heterocycles. The molecule has 0 bridgehead atoms. The topological polar surface area (TPSA) is 63.2 Å². The van der Waals surface area contributed by atoms with Gasteiger partial charge in [-0.05, 0) is 17.7 Å². The minimum Gasteiger partial charge on any atom is -0.351 e. The van der Waals surface area contributed by atoms with Crippen molar-refractivity contribution in [3.63, 3.8) is 0 Å². The van der Waals surface area contributed by atoms with E-state index in [0.717, 1.165) is 0 Å². The molecule has 0 radical (unpaired) electrons. The first kappa shape index (κ1) is 15.9. The second kappa shape index (κ2) is 6.86. The lowest BCUT2D eigenvalue weighted by Crippen LogP contribution is -2.26. The molecule has 1 rings (SSSR count). The monoisotopic (exact) mass is 345 g/mol. The number of rotatable bonds is 6. The van der Waals surface area contributed by atoms with Crippen molar-refractivity contribution in [1.82, 2.24) is 5.32 Å². The highest BCUT2D eigenvalue weighted by molar-refractivity contribution is 9.11. The van der Waals surface area contributed by atoms with E-state index in [1.54, 1.807) is 31.2 Å². The number of halogens is 1. The molecule has 0 aliphatic carbocycles. The first-order chi connectivity index (χ1) is 8.85. The molecule has 104 valence electrons. The van der Waals surface area contributed by atoms with Crippen LogP contribution >= 0.6 is 15.9 Å². The van der Waals surface area contributed by atoms with Crippen molar-refractivity contribution in [2.75, 3.05) is 12.3 Å². The zero-order valence-electron chi connectivity index (χ0n) is 10.6. The molecule has 0 heterocycles. The van der Waals surface area contributed by atoms with Crippen LogP contribution in [0.1, 0.15) is 12.5 Å². The Balaban J connectivity index is 2.78. The summed E-state index contributed by atoms with van der Waals surface area (Å²) in [5.74, 6) is -0.127. The van der Waals surface area contributed by atoms with Crippen LogP contribution in [0.25, 0.3) is 0 Å². The minimum absolute atomic E-state index is 0.0477. The van der Waals surface area contributed by atoms with Crippen LogP contribution in [0.15, 0.2) is 40.2 Å². The van der Waals surface area contributed by atoms with Gasteiger partial charge in [-0.2, -0.15) is 0 Å². The van der Waals surface area contributed by atoms with E-state index in [-0.39, 0.29) is 23.0 Å². The van der Waals surface area contributed by atoms with Gasteiger partial charge in [-0.1, -0.05) is 41.6 Å². The maximum absolute atomic E-state index is 11.7. The molecule has 0 aliphatic rings. The third-order valence-corrected chi connectivity index (χ3v) is 4.49. The number of carbonyl (C=O) groups is 1. The van der Waals surface area contributed by atoms with Gasteiger partial charge in [0.2, 0.25) is 5.91 Å². The van der Waals surface area contributed by atoms with Crippen molar-refractivity contribution >= 4 is 31.7 Å². The summed E-state index contributed by atoms with van der Waals surface area (Å²) in [6.45, 7) is 5.56. The summed E-state index contributed by atoms with van der Waals surface area (Å²) in [6.07, 6.45) is 0.146. The van der Waals surface area contributed by atoms with Crippen molar-refractivity contribution in [2.24, 2.45) is 0 Å². The van der Waals surface area contributed by atoms with Crippen LogP contribution in [0.4, 0.5) is 0 Å².